The summed E-state index contributed by atoms with van der Waals surface area (Å²) in [4.78, 5) is 22.7. The molecule has 0 radical (unpaired) electrons. The van der Waals surface area contributed by atoms with E-state index in [1.165, 1.54) is 13.1 Å². The van der Waals surface area contributed by atoms with Gasteiger partial charge in [-0.1, -0.05) is 6.08 Å². The molecule has 0 spiro atoms. The predicted octanol–water partition coefficient (Wildman–Crippen LogP) is 2.13. The van der Waals surface area contributed by atoms with E-state index in [0.29, 0.717) is 12.1 Å². The van der Waals surface area contributed by atoms with Crippen molar-refractivity contribution in [3.05, 3.63) is 52.1 Å². The van der Waals surface area contributed by atoms with Crippen molar-refractivity contribution in [3.8, 4) is 0 Å². The third-order valence-corrected chi connectivity index (χ3v) is 2.22. The van der Waals surface area contributed by atoms with Crippen LogP contribution in [0.2, 0.25) is 0 Å². The maximum Gasteiger partial charge on any atom is 0.285 e. The molecule has 0 aliphatic carbocycles. The number of halogens is 2. The fourth-order valence-electron chi connectivity index (χ4n) is 1.34. The zero-order chi connectivity index (χ0) is 13.9. The number of nitro groups is 1. The summed E-state index contributed by atoms with van der Waals surface area (Å²) in [5, 5.41) is 10.7. The van der Waals surface area contributed by atoms with E-state index in [2.05, 4.69) is 6.58 Å². The van der Waals surface area contributed by atoms with E-state index in [1.54, 1.807) is 0 Å². The van der Waals surface area contributed by atoms with Gasteiger partial charge in [-0.25, -0.2) is 8.78 Å². The van der Waals surface area contributed by atoms with Gasteiger partial charge in [-0.15, -0.1) is 6.58 Å². The molecule has 0 heterocycles. The van der Waals surface area contributed by atoms with Gasteiger partial charge in [0.2, 0.25) is 0 Å². The zero-order valence-corrected chi connectivity index (χ0v) is 9.52. The Kier molecular flexibility index (Phi) is 4.09. The fourth-order valence-corrected chi connectivity index (χ4v) is 1.34. The Morgan fingerprint density at radius 2 is 2.06 bits per heavy atom. The first kappa shape index (κ1) is 13.8. The summed E-state index contributed by atoms with van der Waals surface area (Å²) in [7, 11) is 1.37. The van der Waals surface area contributed by atoms with Crippen LogP contribution in [0.25, 0.3) is 0 Å². The molecule has 96 valence electrons. The van der Waals surface area contributed by atoms with E-state index in [4.69, 9.17) is 0 Å². The van der Waals surface area contributed by atoms with Gasteiger partial charge in [-0.05, 0) is 6.07 Å². The SMILES string of the molecule is C=CCN(C)C(=O)c1cc(F)c(F)cc1[N+](=O)[O-]. The lowest BCUT2D eigenvalue weighted by atomic mass is 10.1. The molecule has 0 aromatic heterocycles. The number of hydrogen-bond acceptors (Lipinski definition) is 3. The Balaban J connectivity index is 3.30. The van der Waals surface area contributed by atoms with Crippen LogP contribution >= 0.6 is 0 Å². The summed E-state index contributed by atoms with van der Waals surface area (Å²) < 4.78 is 26.0. The molecule has 0 saturated heterocycles. The molecule has 0 aliphatic heterocycles. The first-order chi connectivity index (χ1) is 8.38. The van der Waals surface area contributed by atoms with Crippen LogP contribution in [-0.2, 0) is 0 Å². The number of amides is 1. The van der Waals surface area contributed by atoms with Crippen molar-refractivity contribution in [1.29, 1.82) is 0 Å². The number of likely N-dealkylation sites (N-methyl/N-ethyl adjacent to an activating group) is 1. The molecule has 0 fully saturated rings. The number of carbonyl (C=O) groups is 1. The number of hydrogen-bond donors (Lipinski definition) is 0. The maximum absolute atomic E-state index is 13.0. The third kappa shape index (κ3) is 2.68. The molecule has 1 rings (SSSR count). The molecule has 0 unspecified atom stereocenters. The topological polar surface area (TPSA) is 63.5 Å². The first-order valence-corrected chi connectivity index (χ1v) is 4.88. The quantitative estimate of drug-likeness (QED) is 0.471. The Hall–Kier alpha value is -2.31. The predicted molar refractivity (Wildman–Crippen MR) is 60.2 cm³/mol. The minimum atomic E-state index is -1.37. The van der Waals surface area contributed by atoms with Crippen molar-refractivity contribution < 1.29 is 18.5 Å². The molecule has 1 amide bonds. The molecule has 7 heteroatoms. The van der Waals surface area contributed by atoms with Crippen LogP contribution in [0.15, 0.2) is 24.8 Å². The van der Waals surface area contributed by atoms with Gasteiger partial charge in [0.1, 0.15) is 5.56 Å². The van der Waals surface area contributed by atoms with E-state index in [1.807, 2.05) is 0 Å². The Labute approximate surface area is 101 Å². The summed E-state index contributed by atoms with van der Waals surface area (Å²) in [6, 6.07) is 0.916. The lowest BCUT2D eigenvalue weighted by molar-refractivity contribution is -0.385. The van der Waals surface area contributed by atoms with Crippen molar-refractivity contribution in [2.75, 3.05) is 13.6 Å². The van der Waals surface area contributed by atoms with Gasteiger partial charge < -0.3 is 4.90 Å². The Morgan fingerprint density at radius 3 is 2.56 bits per heavy atom. The normalized spacial score (nSPS) is 9.94. The van der Waals surface area contributed by atoms with Gasteiger partial charge in [0.15, 0.2) is 11.6 Å². The number of benzene rings is 1. The second-order valence-electron chi connectivity index (χ2n) is 3.51. The monoisotopic (exact) mass is 256 g/mol. The average Bonchev–Trinajstić information content (AvgIpc) is 2.31. The van der Waals surface area contributed by atoms with Crippen LogP contribution in [0.3, 0.4) is 0 Å². The number of carbonyl (C=O) groups excluding carboxylic acids is 1. The summed E-state index contributed by atoms with van der Waals surface area (Å²) in [5.74, 6) is -3.46. The second kappa shape index (κ2) is 5.35. The van der Waals surface area contributed by atoms with E-state index >= 15 is 0 Å². The lowest BCUT2D eigenvalue weighted by Gasteiger charge is -2.14. The van der Waals surface area contributed by atoms with Gasteiger partial charge in [-0.3, -0.25) is 14.9 Å². The molecule has 0 atom stereocenters. The average molecular weight is 256 g/mol. The smallest absolute Gasteiger partial charge is 0.285 e. The summed E-state index contributed by atoms with van der Waals surface area (Å²) in [5.41, 5.74) is -1.27. The molecule has 0 aliphatic rings. The second-order valence-corrected chi connectivity index (χ2v) is 3.51. The van der Waals surface area contributed by atoms with Crippen LogP contribution in [0.5, 0.6) is 0 Å². The van der Waals surface area contributed by atoms with Crippen molar-refractivity contribution in [3.63, 3.8) is 0 Å². The highest BCUT2D eigenvalue weighted by atomic mass is 19.2. The minimum absolute atomic E-state index is 0.134. The highest BCUT2D eigenvalue weighted by Crippen LogP contribution is 2.23. The van der Waals surface area contributed by atoms with Gasteiger partial charge >= 0.3 is 0 Å². The minimum Gasteiger partial charge on any atom is -0.338 e. The van der Waals surface area contributed by atoms with Crippen molar-refractivity contribution in [2.24, 2.45) is 0 Å². The molecule has 18 heavy (non-hydrogen) atoms. The number of nitro benzene ring substituents is 1. The van der Waals surface area contributed by atoms with Crippen molar-refractivity contribution in [2.45, 2.75) is 0 Å². The van der Waals surface area contributed by atoms with Crippen LogP contribution in [-0.4, -0.2) is 29.3 Å². The molecule has 0 saturated carbocycles. The van der Waals surface area contributed by atoms with Crippen LogP contribution in [0.1, 0.15) is 10.4 Å². The zero-order valence-electron chi connectivity index (χ0n) is 9.52. The standard InChI is InChI=1S/C11H10F2N2O3/c1-3-4-14(2)11(16)7-5-8(12)9(13)6-10(7)15(17)18/h3,5-6H,1,4H2,2H3. The molecule has 0 N–H and O–H groups in total. The highest BCUT2D eigenvalue weighted by Gasteiger charge is 2.25. The van der Waals surface area contributed by atoms with E-state index in [9.17, 15) is 23.7 Å². The van der Waals surface area contributed by atoms with Gasteiger partial charge in [0.05, 0.1) is 11.0 Å². The van der Waals surface area contributed by atoms with Crippen LogP contribution < -0.4 is 0 Å². The lowest BCUT2D eigenvalue weighted by Crippen LogP contribution is -2.27. The summed E-state index contributed by atoms with van der Waals surface area (Å²) in [6.45, 7) is 3.54. The van der Waals surface area contributed by atoms with E-state index < -0.39 is 33.7 Å². The van der Waals surface area contributed by atoms with E-state index in [-0.39, 0.29) is 6.54 Å². The molecule has 0 bridgehead atoms. The van der Waals surface area contributed by atoms with Crippen LogP contribution in [0, 0.1) is 21.7 Å². The van der Waals surface area contributed by atoms with Gasteiger partial charge in [-0.2, -0.15) is 0 Å². The Bertz CT molecular complexity index is 517. The third-order valence-electron chi connectivity index (χ3n) is 2.22. The van der Waals surface area contributed by atoms with Crippen molar-refractivity contribution >= 4 is 11.6 Å². The Morgan fingerprint density at radius 1 is 1.50 bits per heavy atom. The van der Waals surface area contributed by atoms with E-state index in [0.717, 1.165) is 4.90 Å². The molecular weight excluding hydrogens is 246 g/mol. The van der Waals surface area contributed by atoms with Gasteiger partial charge in [0, 0.05) is 13.6 Å². The van der Waals surface area contributed by atoms with Crippen molar-refractivity contribution in [1.82, 2.24) is 4.90 Å². The molecule has 5 nitrogen and oxygen atoms in total. The largest absolute Gasteiger partial charge is 0.338 e. The highest BCUT2D eigenvalue weighted by molar-refractivity contribution is 5.98. The van der Waals surface area contributed by atoms with Crippen LogP contribution in [0.4, 0.5) is 14.5 Å². The number of nitrogens with zero attached hydrogens (tertiary/aromatic N) is 2. The maximum atomic E-state index is 13.0. The summed E-state index contributed by atoms with van der Waals surface area (Å²) in [6.07, 6.45) is 1.41. The number of rotatable bonds is 4. The fraction of sp³-hybridized carbons (Fsp3) is 0.182. The molecule has 1 aromatic carbocycles. The first-order valence-electron chi connectivity index (χ1n) is 4.88. The molecule has 1 aromatic rings. The molecular formula is C11H10F2N2O3. The summed E-state index contributed by atoms with van der Waals surface area (Å²) >= 11 is 0. The van der Waals surface area contributed by atoms with Gasteiger partial charge in [0.25, 0.3) is 11.6 Å².